The first kappa shape index (κ1) is 13.8. The van der Waals surface area contributed by atoms with Crippen LogP contribution in [-0.4, -0.2) is 13.2 Å². The molecule has 0 aromatic heterocycles. The number of ether oxygens (including phenoxy) is 1. The number of aliphatic imine (C=N–C) groups is 1. The minimum Gasteiger partial charge on any atom is -0.496 e. The SMILES string of the molecule is COc1c(C(C)F)cccc1C1(N=C=O)CCCC1. The number of nitrogens with zero attached hydrogens (tertiary/aromatic N) is 1. The number of carbonyl (C=O) groups excluding carboxylic acids is 1. The minimum absolute atomic E-state index is 0.507. The molecule has 19 heavy (non-hydrogen) atoms. The molecule has 4 heteroatoms. The fourth-order valence-electron chi connectivity index (χ4n) is 2.95. The zero-order valence-corrected chi connectivity index (χ0v) is 11.3. The van der Waals surface area contributed by atoms with E-state index >= 15 is 0 Å². The van der Waals surface area contributed by atoms with Crippen LogP contribution in [0.3, 0.4) is 0 Å². The van der Waals surface area contributed by atoms with Crippen LogP contribution in [0.2, 0.25) is 0 Å². The third-order valence-electron chi connectivity index (χ3n) is 3.87. The summed E-state index contributed by atoms with van der Waals surface area (Å²) in [4.78, 5) is 14.8. The van der Waals surface area contributed by atoms with Gasteiger partial charge in [0, 0.05) is 11.1 Å². The lowest BCUT2D eigenvalue weighted by atomic mass is 9.86. The van der Waals surface area contributed by atoms with E-state index in [1.54, 1.807) is 18.2 Å². The molecule has 1 aliphatic carbocycles. The van der Waals surface area contributed by atoms with Crippen LogP contribution in [0.5, 0.6) is 5.75 Å². The average Bonchev–Trinajstić information content (AvgIpc) is 2.87. The van der Waals surface area contributed by atoms with Gasteiger partial charge in [0.15, 0.2) is 0 Å². The van der Waals surface area contributed by atoms with Gasteiger partial charge in [0.1, 0.15) is 17.5 Å². The van der Waals surface area contributed by atoms with Crippen molar-refractivity contribution in [3.05, 3.63) is 29.3 Å². The number of rotatable bonds is 4. The van der Waals surface area contributed by atoms with Crippen LogP contribution in [0.25, 0.3) is 0 Å². The zero-order valence-electron chi connectivity index (χ0n) is 11.3. The topological polar surface area (TPSA) is 38.7 Å². The van der Waals surface area contributed by atoms with Crippen molar-refractivity contribution >= 4 is 6.08 Å². The van der Waals surface area contributed by atoms with Gasteiger partial charge in [-0.2, -0.15) is 4.99 Å². The largest absolute Gasteiger partial charge is 0.496 e. The van der Waals surface area contributed by atoms with Crippen molar-refractivity contribution in [2.24, 2.45) is 4.99 Å². The Labute approximate surface area is 112 Å². The second kappa shape index (κ2) is 5.54. The number of isocyanates is 1. The van der Waals surface area contributed by atoms with Crippen molar-refractivity contribution in [2.75, 3.05) is 7.11 Å². The molecule has 0 saturated heterocycles. The van der Waals surface area contributed by atoms with Gasteiger partial charge in [-0.3, -0.25) is 0 Å². The normalized spacial score (nSPS) is 18.7. The molecule has 2 rings (SSSR count). The molecular weight excluding hydrogens is 245 g/mol. The summed E-state index contributed by atoms with van der Waals surface area (Å²) in [5, 5.41) is 0. The summed E-state index contributed by atoms with van der Waals surface area (Å²) in [5.74, 6) is 0.512. The van der Waals surface area contributed by atoms with E-state index in [-0.39, 0.29) is 0 Å². The van der Waals surface area contributed by atoms with Gasteiger partial charge in [-0.15, -0.1) is 0 Å². The highest BCUT2D eigenvalue weighted by atomic mass is 19.1. The van der Waals surface area contributed by atoms with Crippen LogP contribution in [0.15, 0.2) is 23.2 Å². The van der Waals surface area contributed by atoms with Crippen LogP contribution in [0, 0.1) is 0 Å². The van der Waals surface area contributed by atoms with Gasteiger partial charge in [0.2, 0.25) is 6.08 Å². The quantitative estimate of drug-likeness (QED) is 0.611. The van der Waals surface area contributed by atoms with Gasteiger partial charge < -0.3 is 4.74 Å². The first-order valence-corrected chi connectivity index (χ1v) is 6.55. The average molecular weight is 263 g/mol. The van der Waals surface area contributed by atoms with Gasteiger partial charge in [-0.05, 0) is 19.8 Å². The Morgan fingerprint density at radius 2 is 2.11 bits per heavy atom. The van der Waals surface area contributed by atoms with Crippen LogP contribution >= 0.6 is 0 Å². The Bertz CT molecular complexity index is 501. The molecule has 0 N–H and O–H groups in total. The van der Waals surface area contributed by atoms with Crippen LogP contribution in [-0.2, 0) is 10.3 Å². The van der Waals surface area contributed by atoms with Crippen molar-refractivity contribution in [1.82, 2.24) is 0 Å². The molecule has 3 nitrogen and oxygen atoms in total. The molecule has 0 spiro atoms. The number of methoxy groups -OCH3 is 1. The summed E-state index contributed by atoms with van der Waals surface area (Å²) in [5.41, 5.74) is 0.725. The van der Waals surface area contributed by atoms with Crippen LogP contribution < -0.4 is 4.74 Å². The molecule has 1 fully saturated rings. The molecule has 102 valence electrons. The van der Waals surface area contributed by atoms with Crippen molar-refractivity contribution in [2.45, 2.75) is 44.3 Å². The van der Waals surface area contributed by atoms with Crippen LogP contribution in [0.1, 0.15) is 49.9 Å². The second-order valence-electron chi connectivity index (χ2n) is 4.99. The van der Waals surface area contributed by atoms with Crippen molar-refractivity contribution < 1.29 is 13.9 Å². The fraction of sp³-hybridized carbons (Fsp3) is 0.533. The van der Waals surface area contributed by atoms with Crippen molar-refractivity contribution in [1.29, 1.82) is 0 Å². The molecule has 0 aliphatic heterocycles. The summed E-state index contributed by atoms with van der Waals surface area (Å²) in [6.07, 6.45) is 4.13. The molecular formula is C15H18FNO2. The molecule has 0 radical (unpaired) electrons. The van der Waals surface area contributed by atoms with E-state index in [1.807, 2.05) is 6.07 Å². The van der Waals surface area contributed by atoms with E-state index in [0.717, 1.165) is 31.2 Å². The predicted octanol–water partition coefficient (Wildman–Crippen LogP) is 3.83. The molecule has 0 heterocycles. The van der Waals surface area contributed by atoms with Gasteiger partial charge in [0.25, 0.3) is 0 Å². The van der Waals surface area contributed by atoms with Crippen molar-refractivity contribution in [3.8, 4) is 5.75 Å². The second-order valence-corrected chi connectivity index (χ2v) is 4.99. The monoisotopic (exact) mass is 263 g/mol. The number of halogens is 1. The summed E-state index contributed by atoms with van der Waals surface area (Å²) >= 11 is 0. The number of benzene rings is 1. The molecule has 1 atom stereocenters. The van der Waals surface area contributed by atoms with Gasteiger partial charge in [-0.1, -0.05) is 31.0 Å². The minimum atomic E-state index is -1.12. The van der Waals surface area contributed by atoms with Crippen LogP contribution in [0.4, 0.5) is 4.39 Å². The Morgan fingerprint density at radius 3 is 2.63 bits per heavy atom. The molecule has 0 bridgehead atoms. The lowest BCUT2D eigenvalue weighted by Gasteiger charge is -2.26. The Balaban J connectivity index is 2.60. The third-order valence-corrected chi connectivity index (χ3v) is 3.87. The number of hydrogen-bond acceptors (Lipinski definition) is 3. The number of hydrogen-bond donors (Lipinski definition) is 0. The highest BCUT2D eigenvalue weighted by Crippen LogP contribution is 2.47. The lowest BCUT2D eigenvalue weighted by molar-refractivity contribution is 0.335. The van der Waals surface area contributed by atoms with E-state index < -0.39 is 11.7 Å². The maximum atomic E-state index is 13.7. The summed E-state index contributed by atoms with van der Waals surface area (Å²) < 4.78 is 19.1. The predicted molar refractivity (Wildman–Crippen MR) is 70.8 cm³/mol. The van der Waals surface area contributed by atoms with Gasteiger partial charge in [0.05, 0.1) is 7.11 Å². The summed E-state index contributed by atoms with van der Waals surface area (Å²) in [7, 11) is 1.53. The maximum Gasteiger partial charge on any atom is 0.235 e. The van der Waals surface area contributed by atoms with E-state index in [4.69, 9.17) is 4.74 Å². The number of alkyl halides is 1. The van der Waals surface area contributed by atoms with E-state index in [1.165, 1.54) is 14.0 Å². The molecule has 1 aromatic rings. The Morgan fingerprint density at radius 1 is 1.42 bits per heavy atom. The smallest absolute Gasteiger partial charge is 0.235 e. The standard InChI is InChI=1S/C15H18FNO2/c1-11(16)12-6-5-7-13(14(12)19-2)15(17-10-18)8-3-4-9-15/h5-7,11H,3-4,8-9H2,1-2H3. The molecule has 1 aromatic carbocycles. The van der Waals surface area contributed by atoms with Gasteiger partial charge >= 0.3 is 0 Å². The number of para-hydroxylation sites is 1. The molecule has 0 amide bonds. The zero-order chi connectivity index (χ0) is 13.9. The first-order chi connectivity index (χ1) is 9.14. The van der Waals surface area contributed by atoms with Gasteiger partial charge in [-0.25, -0.2) is 9.18 Å². The highest BCUT2D eigenvalue weighted by molar-refractivity contribution is 5.49. The molecule has 1 unspecified atom stereocenters. The molecule has 1 saturated carbocycles. The first-order valence-electron chi connectivity index (χ1n) is 6.55. The summed E-state index contributed by atoms with van der Waals surface area (Å²) in [6.45, 7) is 1.48. The molecule has 1 aliphatic rings. The fourth-order valence-corrected chi connectivity index (χ4v) is 2.95. The van der Waals surface area contributed by atoms with E-state index in [0.29, 0.717) is 11.3 Å². The van der Waals surface area contributed by atoms with Crippen molar-refractivity contribution in [3.63, 3.8) is 0 Å². The lowest BCUT2D eigenvalue weighted by Crippen LogP contribution is -2.20. The highest BCUT2D eigenvalue weighted by Gasteiger charge is 2.38. The maximum absolute atomic E-state index is 13.7. The summed E-state index contributed by atoms with van der Waals surface area (Å²) in [6, 6.07) is 5.38. The Kier molecular flexibility index (Phi) is 4.01. The third kappa shape index (κ3) is 2.41. The Hall–Kier alpha value is -1.67. The van der Waals surface area contributed by atoms with E-state index in [2.05, 4.69) is 4.99 Å². The van der Waals surface area contributed by atoms with E-state index in [9.17, 15) is 9.18 Å².